The molecule has 1 aromatic rings. The van der Waals surface area contributed by atoms with Crippen molar-refractivity contribution in [2.24, 2.45) is 0 Å². The molecular weight excluding hydrogens is 261 g/mol. The lowest BCUT2D eigenvalue weighted by molar-refractivity contribution is -0.158. The molecule has 2 atom stereocenters. The summed E-state index contributed by atoms with van der Waals surface area (Å²) >= 11 is 0. The third-order valence-electron chi connectivity index (χ3n) is 2.51. The Bertz CT molecular complexity index is 451. The van der Waals surface area contributed by atoms with E-state index in [9.17, 15) is 14.3 Å². The molecule has 1 unspecified atom stereocenters. The Morgan fingerprint density at radius 3 is 2.44 bits per heavy atom. The van der Waals surface area contributed by atoms with E-state index in [0.29, 0.717) is 10.2 Å². The highest BCUT2D eigenvalue weighted by atomic mass is 31.2. The van der Waals surface area contributed by atoms with E-state index in [4.69, 9.17) is 10.4 Å². The van der Waals surface area contributed by atoms with Gasteiger partial charge in [-0.2, -0.15) is 4.67 Å². The molecule has 100 valence electrons. The Morgan fingerprint density at radius 1 is 1.44 bits per heavy atom. The van der Waals surface area contributed by atoms with Crippen molar-refractivity contribution in [1.29, 1.82) is 0 Å². The SMILES string of the molecule is CN([C@@H](Cc1ccccc1)C(=O)O)P(=O)(O)OO. The monoisotopic (exact) mass is 275 g/mol. The number of carbonyl (C=O) groups is 1. The Kier molecular flexibility index (Phi) is 5.01. The first-order valence-corrected chi connectivity index (χ1v) is 6.57. The molecule has 0 radical (unpaired) electrons. The van der Waals surface area contributed by atoms with Crippen LogP contribution in [0.1, 0.15) is 5.56 Å². The van der Waals surface area contributed by atoms with Gasteiger partial charge in [0.05, 0.1) is 0 Å². The lowest BCUT2D eigenvalue weighted by atomic mass is 10.1. The fourth-order valence-corrected chi connectivity index (χ4v) is 2.10. The zero-order valence-corrected chi connectivity index (χ0v) is 10.5. The van der Waals surface area contributed by atoms with E-state index in [1.807, 2.05) is 0 Å². The average Bonchev–Trinajstić information content (AvgIpc) is 2.36. The van der Waals surface area contributed by atoms with Crippen LogP contribution in [0.15, 0.2) is 30.3 Å². The summed E-state index contributed by atoms with van der Waals surface area (Å²) in [7, 11) is -3.41. The van der Waals surface area contributed by atoms with Gasteiger partial charge in [0, 0.05) is 0 Å². The van der Waals surface area contributed by atoms with Crippen molar-refractivity contribution >= 4 is 13.7 Å². The number of nitrogens with zero attached hydrogens (tertiary/aromatic N) is 1. The van der Waals surface area contributed by atoms with E-state index in [2.05, 4.69) is 4.67 Å². The van der Waals surface area contributed by atoms with Crippen LogP contribution in [0.2, 0.25) is 0 Å². The highest BCUT2D eigenvalue weighted by molar-refractivity contribution is 7.50. The number of likely N-dealkylation sites (N-methyl/N-ethyl adjacent to an activating group) is 1. The van der Waals surface area contributed by atoms with E-state index in [1.54, 1.807) is 30.3 Å². The zero-order chi connectivity index (χ0) is 13.8. The third kappa shape index (κ3) is 3.63. The molecule has 0 spiro atoms. The molecule has 0 saturated carbocycles. The molecule has 0 fully saturated rings. The number of aliphatic carboxylic acids is 1. The van der Waals surface area contributed by atoms with Gasteiger partial charge in [0.25, 0.3) is 0 Å². The van der Waals surface area contributed by atoms with Gasteiger partial charge in [-0.15, -0.1) is 4.67 Å². The van der Waals surface area contributed by atoms with Gasteiger partial charge in [0.1, 0.15) is 6.04 Å². The molecule has 1 rings (SSSR count). The number of benzene rings is 1. The molecule has 18 heavy (non-hydrogen) atoms. The number of rotatable bonds is 6. The van der Waals surface area contributed by atoms with Gasteiger partial charge in [-0.3, -0.25) is 4.79 Å². The van der Waals surface area contributed by atoms with E-state index in [-0.39, 0.29) is 6.42 Å². The predicted octanol–water partition coefficient (Wildman–Crippen LogP) is 1.20. The van der Waals surface area contributed by atoms with Crippen LogP contribution in [0, 0.1) is 0 Å². The topological polar surface area (TPSA) is 107 Å². The molecule has 7 nitrogen and oxygen atoms in total. The summed E-state index contributed by atoms with van der Waals surface area (Å²) in [6, 6.07) is 7.36. The van der Waals surface area contributed by atoms with Crippen LogP contribution in [-0.2, 0) is 20.5 Å². The van der Waals surface area contributed by atoms with Crippen LogP contribution in [0.5, 0.6) is 0 Å². The summed E-state index contributed by atoms with van der Waals surface area (Å²) in [5.74, 6) is -1.28. The van der Waals surface area contributed by atoms with Crippen LogP contribution in [-0.4, -0.2) is 39.0 Å². The maximum atomic E-state index is 11.4. The molecule has 0 heterocycles. The fourth-order valence-electron chi connectivity index (χ4n) is 1.45. The molecule has 1 aromatic carbocycles. The van der Waals surface area contributed by atoms with Gasteiger partial charge in [-0.05, 0) is 19.0 Å². The van der Waals surface area contributed by atoms with Crippen molar-refractivity contribution in [3.05, 3.63) is 35.9 Å². The fraction of sp³-hybridized carbons (Fsp3) is 0.300. The first kappa shape index (κ1) is 14.8. The van der Waals surface area contributed by atoms with Crippen LogP contribution in [0.3, 0.4) is 0 Å². The van der Waals surface area contributed by atoms with Crippen LogP contribution in [0.4, 0.5) is 0 Å². The maximum Gasteiger partial charge on any atom is 0.433 e. The molecule has 0 aliphatic carbocycles. The largest absolute Gasteiger partial charge is 0.480 e. The highest BCUT2D eigenvalue weighted by Gasteiger charge is 2.36. The number of carboxylic acids is 1. The molecule has 8 heteroatoms. The van der Waals surface area contributed by atoms with Gasteiger partial charge < -0.3 is 10.00 Å². The minimum atomic E-state index is -4.50. The third-order valence-corrected chi connectivity index (χ3v) is 3.80. The molecule has 0 bridgehead atoms. The standard InChI is InChI=1S/C10H14NO6P/c1-11(18(15,16)17-14)9(10(12)13)7-8-5-3-2-4-6-8/h2-6,9,14H,7H2,1H3,(H,12,13)(H,15,16)/t9-/m0/s1. The van der Waals surface area contributed by atoms with Gasteiger partial charge >= 0.3 is 13.7 Å². The van der Waals surface area contributed by atoms with Crippen molar-refractivity contribution in [2.75, 3.05) is 7.05 Å². The second-order valence-electron chi connectivity index (χ2n) is 3.69. The van der Waals surface area contributed by atoms with Gasteiger partial charge in [-0.1, -0.05) is 30.3 Å². The molecular formula is C10H14NO6P. The Labute approximate surface area is 104 Å². The minimum Gasteiger partial charge on any atom is -0.480 e. The Balaban J connectivity index is 2.91. The first-order valence-electron chi connectivity index (χ1n) is 5.04. The quantitative estimate of drug-likeness (QED) is 0.407. The average molecular weight is 275 g/mol. The molecule has 0 aromatic heterocycles. The van der Waals surface area contributed by atoms with E-state index >= 15 is 0 Å². The normalized spacial score (nSPS) is 16.2. The molecule has 0 saturated heterocycles. The minimum absolute atomic E-state index is 0.0145. The second-order valence-corrected chi connectivity index (χ2v) is 5.47. The van der Waals surface area contributed by atoms with Crippen molar-refractivity contribution in [3.8, 4) is 0 Å². The van der Waals surface area contributed by atoms with Crippen molar-refractivity contribution in [1.82, 2.24) is 4.67 Å². The van der Waals surface area contributed by atoms with E-state index in [0.717, 1.165) is 7.05 Å². The smallest absolute Gasteiger partial charge is 0.433 e. The maximum absolute atomic E-state index is 11.4. The lowest BCUT2D eigenvalue weighted by Crippen LogP contribution is -2.38. The van der Waals surface area contributed by atoms with Crippen LogP contribution < -0.4 is 0 Å². The second kappa shape index (κ2) is 6.08. The van der Waals surface area contributed by atoms with Crippen LogP contribution in [0.25, 0.3) is 0 Å². The van der Waals surface area contributed by atoms with Crippen molar-refractivity contribution in [2.45, 2.75) is 12.5 Å². The highest BCUT2D eigenvalue weighted by Crippen LogP contribution is 2.45. The van der Waals surface area contributed by atoms with Crippen molar-refractivity contribution in [3.63, 3.8) is 0 Å². The Hall–Kier alpha value is -1.24. The van der Waals surface area contributed by atoms with Crippen molar-refractivity contribution < 1.29 is 29.3 Å². The summed E-state index contributed by atoms with van der Waals surface area (Å²) in [5, 5.41) is 17.4. The van der Waals surface area contributed by atoms with Gasteiger partial charge in [0.15, 0.2) is 0 Å². The molecule has 3 N–H and O–H groups in total. The number of hydrogen-bond donors (Lipinski definition) is 3. The number of carboxylic acid groups (broad SMARTS) is 1. The first-order chi connectivity index (χ1) is 8.38. The number of hydrogen-bond acceptors (Lipinski definition) is 4. The van der Waals surface area contributed by atoms with E-state index in [1.165, 1.54) is 0 Å². The summed E-state index contributed by atoms with van der Waals surface area (Å²) in [6.07, 6.45) is 0.0145. The summed E-state index contributed by atoms with van der Waals surface area (Å²) in [5.41, 5.74) is 0.690. The van der Waals surface area contributed by atoms with Crippen LogP contribution >= 0.6 is 7.75 Å². The zero-order valence-electron chi connectivity index (χ0n) is 9.63. The predicted molar refractivity (Wildman–Crippen MR) is 62.9 cm³/mol. The molecule has 0 aliphatic heterocycles. The summed E-state index contributed by atoms with van der Waals surface area (Å²) in [6.45, 7) is 0. The molecule has 0 amide bonds. The lowest BCUT2D eigenvalue weighted by Gasteiger charge is -2.25. The summed E-state index contributed by atoms with van der Waals surface area (Å²) in [4.78, 5) is 20.3. The van der Waals surface area contributed by atoms with Gasteiger partial charge in [-0.25, -0.2) is 9.82 Å². The summed E-state index contributed by atoms with van der Waals surface area (Å²) < 4.78 is 15.4. The van der Waals surface area contributed by atoms with Gasteiger partial charge in [0.2, 0.25) is 0 Å². The van der Waals surface area contributed by atoms with E-state index < -0.39 is 19.8 Å². The molecule has 0 aliphatic rings. The Morgan fingerprint density at radius 2 is 2.00 bits per heavy atom.